The van der Waals surface area contributed by atoms with Gasteiger partial charge in [-0.05, 0) is 25.7 Å². The molecule has 1 saturated carbocycles. The largest absolute Gasteiger partial charge is 0.481 e. The molecule has 0 aromatic rings. The molecular formula is C12H19NO5S. The lowest BCUT2D eigenvalue weighted by Crippen LogP contribution is -2.37. The van der Waals surface area contributed by atoms with Crippen LogP contribution >= 0.6 is 0 Å². The summed E-state index contributed by atoms with van der Waals surface area (Å²) in [5.74, 6) is -1.42. The van der Waals surface area contributed by atoms with Crippen LogP contribution in [0.5, 0.6) is 0 Å². The maximum absolute atomic E-state index is 12.3. The standard InChI is InChI=1S/C12H19NO5S/c14-11(9-2-3-10(8-9)12(15)16)13-4-1-6-19(17,18)7-5-13/h9-10H,1-8H2,(H,15,16)/t9-,10+/m1/s1. The average Bonchev–Trinajstić information content (AvgIpc) is 2.75. The topological polar surface area (TPSA) is 91.8 Å². The number of hydrogen-bond acceptors (Lipinski definition) is 4. The molecular weight excluding hydrogens is 270 g/mol. The molecule has 6 nitrogen and oxygen atoms in total. The van der Waals surface area contributed by atoms with E-state index in [0.29, 0.717) is 32.2 Å². The van der Waals surface area contributed by atoms with Gasteiger partial charge in [-0.25, -0.2) is 8.42 Å². The van der Waals surface area contributed by atoms with Gasteiger partial charge in [-0.15, -0.1) is 0 Å². The van der Waals surface area contributed by atoms with E-state index in [0.717, 1.165) is 0 Å². The monoisotopic (exact) mass is 289 g/mol. The Bertz CT molecular complexity index is 473. The second kappa shape index (κ2) is 5.48. The fourth-order valence-electron chi connectivity index (χ4n) is 2.85. The Labute approximate surface area is 112 Å². The van der Waals surface area contributed by atoms with Crippen LogP contribution in [0.2, 0.25) is 0 Å². The number of carbonyl (C=O) groups is 2. The van der Waals surface area contributed by atoms with Gasteiger partial charge in [0.1, 0.15) is 0 Å². The molecule has 2 fully saturated rings. The molecule has 1 amide bonds. The summed E-state index contributed by atoms with van der Waals surface area (Å²) in [7, 11) is -3.02. The van der Waals surface area contributed by atoms with Gasteiger partial charge in [-0.1, -0.05) is 0 Å². The fraction of sp³-hybridized carbons (Fsp3) is 0.833. The first-order chi connectivity index (χ1) is 8.89. The van der Waals surface area contributed by atoms with Crippen LogP contribution < -0.4 is 0 Å². The first-order valence-electron chi connectivity index (χ1n) is 6.61. The molecule has 7 heteroatoms. The molecule has 0 unspecified atom stereocenters. The van der Waals surface area contributed by atoms with Crippen molar-refractivity contribution in [3.05, 3.63) is 0 Å². The molecule has 1 saturated heterocycles. The predicted octanol–water partition coefficient (Wildman–Crippen LogP) is 0.134. The van der Waals surface area contributed by atoms with Gasteiger partial charge < -0.3 is 10.0 Å². The van der Waals surface area contributed by atoms with Crippen molar-refractivity contribution in [2.24, 2.45) is 11.8 Å². The van der Waals surface area contributed by atoms with E-state index in [1.165, 1.54) is 0 Å². The Morgan fingerprint density at radius 1 is 1.05 bits per heavy atom. The Morgan fingerprint density at radius 3 is 2.37 bits per heavy atom. The maximum Gasteiger partial charge on any atom is 0.306 e. The number of sulfone groups is 1. The first kappa shape index (κ1) is 14.3. The highest BCUT2D eigenvalue weighted by molar-refractivity contribution is 7.91. The maximum atomic E-state index is 12.3. The molecule has 2 atom stereocenters. The first-order valence-corrected chi connectivity index (χ1v) is 8.43. The average molecular weight is 289 g/mol. The molecule has 0 spiro atoms. The van der Waals surface area contributed by atoms with Crippen LogP contribution in [-0.4, -0.2) is 54.9 Å². The van der Waals surface area contributed by atoms with E-state index in [1.807, 2.05) is 0 Å². The van der Waals surface area contributed by atoms with Gasteiger partial charge in [0.05, 0.1) is 17.4 Å². The van der Waals surface area contributed by atoms with Crippen molar-refractivity contribution in [2.75, 3.05) is 24.6 Å². The molecule has 0 bridgehead atoms. The summed E-state index contributed by atoms with van der Waals surface area (Å²) in [6, 6.07) is 0. The van der Waals surface area contributed by atoms with Gasteiger partial charge in [0.2, 0.25) is 5.91 Å². The minimum atomic E-state index is -3.02. The third-order valence-electron chi connectivity index (χ3n) is 4.00. The summed E-state index contributed by atoms with van der Waals surface area (Å²) < 4.78 is 23.0. The number of hydrogen-bond donors (Lipinski definition) is 1. The molecule has 0 radical (unpaired) electrons. The van der Waals surface area contributed by atoms with Crippen molar-refractivity contribution in [3.8, 4) is 0 Å². The number of amides is 1. The molecule has 0 aromatic heterocycles. The van der Waals surface area contributed by atoms with Crippen LogP contribution in [0.25, 0.3) is 0 Å². The van der Waals surface area contributed by atoms with Gasteiger partial charge in [-0.2, -0.15) is 0 Å². The second-order valence-electron chi connectivity index (χ2n) is 5.38. The molecule has 0 aromatic carbocycles. The Morgan fingerprint density at radius 2 is 1.74 bits per heavy atom. The van der Waals surface area contributed by atoms with E-state index in [1.54, 1.807) is 4.90 Å². The molecule has 2 aliphatic rings. The normalized spacial score (nSPS) is 30.8. The number of carboxylic acids is 1. The zero-order chi connectivity index (χ0) is 14.0. The van der Waals surface area contributed by atoms with Crippen molar-refractivity contribution < 1.29 is 23.1 Å². The zero-order valence-corrected chi connectivity index (χ0v) is 11.6. The van der Waals surface area contributed by atoms with Crippen LogP contribution in [0.15, 0.2) is 0 Å². The van der Waals surface area contributed by atoms with Gasteiger partial charge in [0, 0.05) is 19.0 Å². The van der Waals surface area contributed by atoms with Crippen molar-refractivity contribution >= 4 is 21.7 Å². The predicted molar refractivity (Wildman–Crippen MR) is 68.3 cm³/mol. The van der Waals surface area contributed by atoms with Crippen LogP contribution in [0, 0.1) is 11.8 Å². The molecule has 19 heavy (non-hydrogen) atoms. The van der Waals surface area contributed by atoms with E-state index in [9.17, 15) is 18.0 Å². The number of nitrogens with zero attached hydrogens (tertiary/aromatic N) is 1. The van der Waals surface area contributed by atoms with Crippen LogP contribution in [0.1, 0.15) is 25.7 Å². The summed E-state index contributed by atoms with van der Waals surface area (Å²) in [5.41, 5.74) is 0. The Kier molecular flexibility index (Phi) is 4.13. The van der Waals surface area contributed by atoms with Crippen molar-refractivity contribution in [1.82, 2.24) is 4.90 Å². The summed E-state index contributed by atoms with van der Waals surface area (Å²) in [5, 5.41) is 8.93. The minimum absolute atomic E-state index is 0.0216. The van der Waals surface area contributed by atoms with Gasteiger partial charge in [-0.3, -0.25) is 9.59 Å². The van der Waals surface area contributed by atoms with Gasteiger partial charge in [0.25, 0.3) is 0 Å². The van der Waals surface area contributed by atoms with Crippen molar-refractivity contribution in [1.29, 1.82) is 0 Å². The third-order valence-corrected chi connectivity index (χ3v) is 5.71. The van der Waals surface area contributed by atoms with Crippen molar-refractivity contribution in [3.63, 3.8) is 0 Å². The highest BCUT2D eigenvalue weighted by Crippen LogP contribution is 2.32. The number of rotatable bonds is 2. The van der Waals surface area contributed by atoms with E-state index in [2.05, 4.69) is 0 Å². The zero-order valence-electron chi connectivity index (χ0n) is 10.7. The SMILES string of the molecule is O=C(O)[C@H]1CC[C@@H](C(=O)N2CCCS(=O)(=O)CC2)C1. The Hall–Kier alpha value is -1.11. The quantitative estimate of drug-likeness (QED) is 0.780. The van der Waals surface area contributed by atoms with Gasteiger partial charge in [0.15, 0.2) is 9.84 Å². The lowest BCUT2D eigenvalue weighted by atomic mass is 10.0. The fourth-order valence-corrected chi connectivity index (χ4v) is 4.12. The molecule has 2 rings (SSSR count). The van der Waals surface area contributed by atoms with Gasteiger partial charge >= 0.3 is 5.97 Å². The van der Waals surface area contributed by atoms with E-state index in [-0.39, 0.29) is 29.9 Å². The molecule has 108 valence electrons. The summed E-state index contributed by atoms with van der Waals surface area (Å²) >= 11 is 0. The van der Waals surface area contributed by atoms with E-state index < -0.39 is 21.7 Å². The minimum Gasteiger partial charge on any atom is -0.481 e. The van der Waals surface area contributed by atoms with Crippen molar-refractivity contribution in [2.45, 2.75) is 25.7 Å². The summed E-state index contributed by atoms with van der Waals surface area (Å²) in [4.78, 5) is 24.7. The second-order valence-corrected chi connectivity index (χ2v) is 7.68. The number of carboxylic acid groups (broad SMARTS) is 1. The molecule has 1 N–H and O–H groups in total. The summed E-state index contributed by atoms with van der Waals surface area (Å²) in [6.45, 7) is 0.710. The Balaban J connectivity index is 1.95. The number of aliphatic carboxylic acids is 1. The lowest BCUT2D eigenvalue weighted by Gasteiger charge is -2.23. The highest BCUT2D eigenvalue weighted by Gasteiger charge is 2.36. The molecule has 1 aliphatic heterocycles. The van der Waals surface area contributed by atoms with E-state index >= 15 is 0 Å². The van der Waals surface area contributed by atoms with Crippen LogP contribution in [-0.2, 0) is 19.4 Å². The third kappa shape index (κ3) is 3.46. The highest BCUT2D eigenvalue weighted by atomic mass is 32.2. The summed E-state index contributed by atoms with van der Waals surface area (Å²) in [6.07, 6.45) is 2.00. The number of carbonyl (C=O) groups excluding carboxylic acids is 1. The molecule has 1 heterocycles. The van der Waals surface area contributed by atoms with E-state index in [4.69, 9.17) is 5.11 Å². The van der Waals surface area contributed by atoms with Crippen LogP contribution in [0.4, 0.5) is 0 Å². The molecule has 1 aliphatic carbocycles. The smallest absolute Gasteiger partial charge is 0.306 e. The van der Waals surface area contributed by atoms with Crippen LogP contribution in [0.3, 0.4) is 0 Å². The lowest BCUT2D eigenvalue weighted by molar-refractivity contribution is -0.141.